The van der Waals surface area contributed by atoms with Crippen LogP contribution < -0.4 is 10.6 Å². The van der Waals surface area contributed by atoms with Crippen molar-refractivity contribution in [2.75, 3.05) is 11.4 Å². The first-order valence-electron chi connectivity index (χ1n) is 6.63. The normalized spacial score (nSPS) is 17.6. The highest BCUT2D eigenvalue weighted by atomic mass is 32.1. The molecule has 1 aromatic carbocycles. The molecule has 0 saturated heterocycles. The fourth-order valence-corrected chi connectivity index (χ4v) is 2.87. The average Bonchev–Trinajstić information content (AvgIpc) is 2.46. The summed E-state index contributed by atoms with van der Waals surface area (Å²) in [4.78, 5) is 2.52. The van der Waals surface area contributed by atoms with E-state index in [1.165, 1.54) is 11.3 Å². The third kappa shape index (κ3) is 2.25. The van der Waals surface area contributed by atoms with Gasteiger partial charge in [0, 0.05) is 12.2 Å². The Bertz CT molecular complexity index is 656. The highest BCUT2D eigenvalue weighted by Crippen LogP contribution is 2.35. The van der Waals surface area contributed by atoms with Crippen LogP contribution in [0.1, 0.15) is 18.1 Å². The Labute approximate surface area is 123 Å². The molecule has 0 fully saturated rings. The maximum Gasteiger partial charge on any atom is 0.165 e. The summed E-state index contributed by atoms with van der Waals surface area (Å²) in [5.41, 5.74) is 9.08. The van der Waals surface area contributed by atoms with Crippen LogP contribution in [0.3, 0.4) is 0 Å². The molecule has 1 aliphatic rings. The van der Waals surface area contributed by atoms with Gasteiger partial charge in [-0.25, -0.2) is 0 Å². The van der Waals surface area contributed by atoms with Gasteiger partial charge < -0.3 is 10.6 Å². The fraction of sp³-hybridized carbons (Fsp3) is 0.267. The summed E-state index contributed by atoms with van der Waals surface area (Å²) in [6.07, 6.45) is 2.70. The van der Waals surface area contributed by atoms with E-state index in [0.717, 1.165) is 24.3 Å². The van der Waals surface area contributed by atoms with Gasteiger partial charge in [-0.2, -0.15) is 5.10 Å². The molecule has 0 aliphatic carbocycles. The Morgan fingerprint density at radius 3 is 2.95 bits per heavy atom. The number of benzene rings is 1. The lowest BCUT2D eigenvalue weighted by atomic mass is 9.93. The topological polar surface area (TPSA) is 55.0 Å². The van der Waals surface area contributed by atoms with E-state index in [1.807, 2.05) is 12.1 Å². The molecule has 0 spiro atoms. The molecule has 0 amide bonds. The van der Waals surface area contributed by atoms with Crippen molar-refractivity contribution in [2.45, 2.75) is 13.3 Å². The highest BCUT2D eigenvalue weighted by molar-refractivity contribution is 7.80. The third-order valence-electron chi connectivity index (χ3n) is 3.57. The number of thiocarbonyl (C=S) groups is 1. The zero-order valence-electron chi connectivity index (χ0n) is 11.3. The average molecular weight is 284 g/mol. The van der Waals surface area contributed by atoms with Crippen molar-refractivity contribution >= 4 is 28.7 Å². The van der Waals surface area contributed by atoms with E-state index in [4.69, 9.17) is 18.0 Å². The fourth-order valence-electron chi connectivity index (χ4n) is 2.71. The molecule has 20 heavy (non-hydrogen) atoms. The lowest BCUT2D eigenvalue weighted by Crippen LogP contribution is -2.32. The predicted molar refractivity (Wildman–Crippen MR) is 84.2 cm³/mol. The van der Waals surface area contributed by atoms with Gasteiger partial charge in [0.1, 0.15) is 4.99 Å². The van der Waals surface area contributed by atoms with Crippen molar-refractivity contribution in [3.8, 4) is 0 Å². The van der Waals surface area contributed by atoms with Crippen LogP contribution in [-0.2, 0) is 6.42 Å². The number of fused-ring (bicyclic) bond motifs is 1. The lowest BCUT2D eigenvalue weighted by Gasteiger charge is -2.34. The van der Waals surface area contributed by atoms with E-state index >= 15 is 0 Å². The first-order chi connectivity index (χ1) is 9.66. The van der Waals surface area contributed by atoms with Crippen LogP contribution in [0.5, 0.6) is 0 Å². The molecule has 102 valence electrons. The van der Waals surface area contributed by atoms with Gasteiger partial charge >= 0.3 is 0 Å². The van der Waals surface area contributed by atoms with Crippen LogP contribution in [0.4, 0.5) is 11.5 Å². The standard InChI is InChI=1S/C15H16N4S/c1-10-8-11-4-2-3-5-13(11)19(9-10)15-12(14(16)20)6-7-17-18-15/h2-7,10H,8-9H2,1H3,(H2,16,20). The van der Waals surface area contributed by atoms with Crippen LogP contribution in [-0.4, -0.2) is 21.7 Å². The van der Waals surface area contributed by atoms with Gasteiger partial charge in [-0.1, -0.05) is 37.3 Å². The summed E-state index contributed by atoms with van der Waals surface area (Å²) in [5.74, 6) is 1.30. The van der Waals surface area contributed by atoms with E-state index in [9.17, 15) is 0 Å². The Hall–Kier alpha value is -2.01. The van der Waals surface area contributed by atoms with Crippen LogP contribution in [0, 0.1) is 5.92 Å². The summed E-state index contributed by atoms with van der Waals surface area (Å²) in [6.45, 7) is 3.13. The number of hydrogen-bond donors (Lipinski definition) is 1. The molecule has 4 nitrogen and oxygen atoms in total. The Balaban J connectivity index is 2.13. The SMILES string of the molecule is CC1Cc2ccccc2N(c2nnccc2C(N)=S)C1. The second kappa shape index (κ2) is 5.17. The zero-order chi connectivity index (χ0) is 14.1. The van der Waals surface area contributed by atoms with Gasteiger partial charge in [0.2, 0.25) is 0 Å². The van der Waals surface area contributed by atoms with Gasteiger partial charge in [0.05, 0.1) is 11.8 Å². The van der Waals surface area contributed by atoms with Crippen molar-refractivity contribution in [3.63, 3.8) is 0 Å². The van der Waals surface area contributed by atoms with Crippen molar-refractivity contribution < 1.29 is 0 Å². The predicted octanol–water partition coefficient (Wildman–Crippen LogP) is 2.44. The molecule has 2 N–H and O–H groups in total. The number of aromatic nitrogens is 2. The second-order valence-electron chi connectivity index (χ2n) is 5.18. The summed E-state index contributed by atoms with van der Waals surface area (Å²) in [5, 5.41) is 8.26. The number of nitrogens with zero attached hydrogens (tertiary/aromatic N) is 3. The highest BCUT2D eigenvalue weighted by Gasteiger charge is 2.25. The molecule has 0 saturated carbocycles. The van der Waals surface area contributed by atoms with Crippen LogP contribution in [0.25, 0.3) is 0 Å². The van der Waals surface area contributed by atoms with Crippen LogP contribution >= 0.6 is 12.2 Å². The van der Waals surface area contributed by atoms with Gasteiger partial charge in [-0.05, 0) is 30.0 Å². The molecule has 2 heterocycles. The van der Waals surface area contributed by atoms with E-state index in [-0.39, 0.29) is 0 Å². The van der Waals surface area contributed by atoms with Gasteiger partial charge in [0.25, 0.3) is 0 Å². The molecule has 1 unspecified atom stereocenters. The van der Waals surface area contributed by atoms with Crippen molar-refractivity contribution in [2.24, 2.45) is 11.7 Å². The molecule has 3 rings (SSSR count). The molecule has 1 aliphatic heterocycles. The Kier molecular flexibility index (Phi) is 3.36. The van der Waals surface area contributed by atoms with E-state index in [0.29, 0.717) is 10.9 Å². The maximum atomic E-state index is 5.81. The number of anilines is 2. The van der Waals surface area contributed by atoms with E-state index in [2.05, 4.69) is 40.2 Å². The van der Waals surface area contributed by atoms with Crippen molar-refractivity contribution in [1.82, 2.24) is 10.2 Å². The molecule has 2 aromatic rings. The number of hydrogen-bond acceptors (Lipinski definition) is 4. The first-order valence-corrected chi connectivity index (χ1v) is 7.04. The monoisotopic (exact) mass is 284 g/mol. The molecule has 5 heteroatoms. The number of nitrogens with two attached hydrogens (primary N) is 1. The van der Waals surface area contributed by atoms with Gasteiger partial charge in [0.15, 0.2) is 5.82 Å². The third-order valence-corrected chi connectivity index (χ3v) is 3.79. The first kappa shape index (κ1) is 13.0. The zero-order valence-corrected chi connectivity index (χ0v) is 12.1. The van der Waals surface area contributed by atoms with Gasteiger partial charge in [-0.15, -0.1) is 5.10 Å². The largest absolute Gasteiger partial charge is 0.389 e. The number of para-hydroxylation sites is 1. The minimum atomic E-state index is 0.352. The lowest BCUT2D eigenvalue weighted by molar-refractivity contribution is 0.559. The summed E-state index contributed by atoms with van der Waals surface area (Å²) in [6, 6.07) is 10.2. The molecule has 1 atom stereocenters. The minimum absolute atomic E-state index is 0.352. The van der Waals surface area contributed by atoms with Crippen LogP contribution in [0.15, 0.2) is 36.5 Å². The van der Waals surface area contributed by atoms with Crippen LogP contribution in [0.2, 0.25) is 0 Å². The molecule has 1 aromatic heterocycles. The maximum absolute atomic E-state index is 5.81. The number of rotatable bonds is 2. The summed E-state index contributed by atoms with van der Waals surface area (Å²) >= 11 is 5.13. The van der Waals surface area contributed by atoms with E-state index in [1.54, 1.807) is 6.20 Å². The van der Waals surface area contributed by atoms with E-state index < -0.39 is 0 Å². The van der Waals surface area contributed by atoms with Gasteiger partial charge in [-0.3, -0.25) is 0 Å². The Morgan fingerprint density at radius 2 is 2.15 bits per heavy atom. The smallest absolute Gasteiger partial charge is 0.165 e. The summed E-state index contributed by atoms with van der Waals surface area (Å²) < 4.78 is 0. The second-order valence-corrected chi connectivity index (χ2v) is 5.62. The minimum Gasteiger partial charge on any atom is -0.389 e. The van der Waals surface area contributed by atoms with Crippen molar-refractivity contribution in [1.29, 1.82) is 0 Å². The molecular weight excluding hydrogens is 268 g/mol. The molecular formula is C15H16N4S. The quantitative estimate of drug-likeness (QED) is 0.858. The van der Waals surface area contributed by atoms with Crippen molar-refractivity contribution in [3.05, 3.63) is 47.7 Å². The molecule has 0 bridgehead atoms. The molecule has 0 radical (unpaired) electrons. The summed E-state index contributed by atoms with van der Waals surface area (Å²) in [7, 11) is 0. The Morgan fingerprint density at radius 1 is 1.35 bits per heavy atom.